The van der Waals surface area contributed by atoms with Crippen LogP contribution in [0.5, 0.6) is 11.5 Å². The summed E-state index contributed by atoms with van der Waals surface area (Å²) in [6.07, 6.45) is 1.61. The number of nitro benzene ring substituents is 1. The number of hydrogen-bond acceptors (Lipinski definition) is 9. The second kappa shape index (κ2) is 14.3. The number of ether oxygens (including phenoxy) is 3. The van der Waals surface area contributed by atoms with E-state index in [-0.39, 0.29) is 36.1 Å². The van der Waals surface area contributed by atoms with Gasteiger partial charge in [-0.1, -0.05) is 45.5 Å². The SMILES string of the molecule is CCOC(=O)C1=C(C)N=c2s/c(=C\c3cc(Br)cc(I)c3OCc3ccc([N+](=O)[O-])cc3)c(=O)n2[C@H]1c1ccccc1OC(C)C. The van der Waals surface area contributed by atoms with Gasteiger partial charge in [-0.15, -0.1) is 0 Å². The molecule has 1 aliphatic heterocycles. The fourth-order valence-corrected chi connectivity index (χ4v) is 7.75. The number of aromatic nitrogens is 1. The number of rotatable bonds is 10. The molecule has 0 amide bonds. The average Bonchev–Trinajstić information content (AvgIpc) is 3.30. The molecule has 4 aromatic rings. The second-order valence-electron chi connectivity index (χ2n) is 10.5. The van der Waals surface area contributed by atoms with Crippen molar-refractivity contribution in [3.05, 3.63) is 126 Å². The normalized spacial score (nSPS) is 14.6. The van der Waals surface area contributed by atoms with Crippen molar-refractivity contribution < 1.29 is 23.9 Å². The Balaban J connectivity index is 1.64. The molecule has 1 aromatic heterocycles. The number of benzene rings is 3. The summed E-state index contributed by atoms with van der Waals surface area (Å²) in [5, 5.41) is 11.0. The Bertz CT molecular complexity index is 2040. The summed E-state index contributed by atoms with van der Waals surface area (Å²) in [6, 6.07) is 16.4. The standard InChI is InChI=1S/C33H29BrIN3O7S/c1-5-43-32(40)28-19(4)36-33-37(29(28)24-8-6-7-9-26(24)45-18(2)3)31(39)27(46-33)15-21-14-22(34)16-25(35)30(21)44-17-20-10-12-23(13-11-20)38(41)42/h6-16,18,29H,5,17H2,1-4H3/b27-15-/t29-/m0/s1. The zero-order valence-corrected chi connectivity index (χ0v) is 29.8. The van der Waals surface area contributed by atoms with Crippen LogP contribution in [0.15, 0.2) is 86.2 Å². The molecule has 0 saturated carbocycles. The van der Waals surface area contributed by atoms with Gasteiger partial charge in [-0.25, -0.2) is 9.79 Å². The van der Waals surface area contributed by atoms with Crippen LogP contribution in [0.25, 0.3) is 6.08 Å². The monoisotopic (exact) mass is 817 g/mol. The van der Waals surface area contributed by atoms with Gasteiger partial charge in [0.25, 0.3) is 11.2 Å². The zero-order chi connectivity index (χ0) is 33.1. The number of thiazole rings is 1. The van der Waals surface area contributed by atoms with E-state index in [1.807, 2.05) is 50.2 Å². The third-order valence-electron chi connectivity index (χ3n) is 6.95. The van der Waals surface area contributed by atoms with Crippen molar-refractivity contribution in [2.24, 2.45) is 4.99 Å². The molecule has 1 atom stereocenters. The quantitative estimate of drug-likeness (QED) is 0.0782. The Hall–Kier alpha value is -3.82. The van der Waals surface area contributed by atoms with E-state index in [1.165, 1.54) is 28.0 Å². The molecular weight excluding hydrogens is 789 g/mol. The van der Waals surface area contributed by atoms with Crippen LogP contribution < -0.4 is 24.4 Å². The molecule has 46 heavy (non-hydrogen) atoms. The highest BCUT2D eigenvalue weighted by Crippen LogP contribution is 2.36. The molecular formula is C33H29BrIN3O7S. The van der Waals surface area contributed by atoms with Crippen LogP contribution in [-0.4, -0.2) is 28.2 Å². The molecule has 0 N–H and O–H groups in total. The molecule has 0 bridgehead atoms. The number of hydrogen-bond donors (Lipinski definition) is 0. The lowest BCUT2D eigenvalue weighted by atomic mass is 9.95. The van der Waals surface area contributed by atoms with Crippen LogP contribution in [0.4, 0.5) is 5.69 Å². The summed E-state index contributed by atoms with van der Waals surface area (Å²) in [5.41, 5.74) is 2.43. The molecule has 13 heteroatoms. The van der Waals surface area contributed by atoms with E-state index in [0.717, 1.165) is 13.6 Å². The van der Waals surface area contributed by atoms with Gasteiger partial charge in [-0.05, 0) is 92.3 Å². The Labute approximate surface area is 290 Å². The average molecular weight is 818 g/mol. The number of carbonyl (C=O) groups is 1. The van der Waals surface area contributed by atoms with Crippen LogP contribution in [-0.2, 0) is 16.1 Å². The first kappa shape index (κ1) is 33.5. The topological polar surface area (TPSA) is 122 Å². The second-order valence-corrected chi connectivity index (χ2v) is 13.6. The minimum atomic E-state index is -0.826. The number of allylic oxidation sites excluding steroid dienone is 1. The Morgan fingerprint density at radius 2 is 1.91 bits per heavy atom. The van der Waals surface area contributed by atoms with Gasteiger partial charge in [-0.3, -0.25) is 19.5 Å². The van der Waals surface area contributed by atoms with E-state index >= 15 is 0 Å². The van der Waals surface area contributed by atoms with E-state index in [1.54, 1.807) is 32.1 Å². The zero-order valence-electron chi connectivity index (χ0n) is 25.3. The Kier molecular flexibility index (Phi) is 10.4. The fraction of sp³-hybridized carbons (Fsp3) is 0.242. The highest BCUT2D eigenvalue weighted by atomic mass is 127. The lowest BCUT2D eigenvalue weighted by Gasteiger charge is -2.26. The van der Waals surface area contributed by atoms with Crippen molar-refractivity contribution >= 4 is 67.6 Å². The van der Waals surface area contributed by atoms with Gasteiger partial charge in [0, 0.05) is 27.7 Å². The smallest absolute Gasteiger partial charge is 0.338 e. The summed E-state index contributed by atoms with van der Waals surface area (Å²) in [7, 11) is 0. The van der Waals surface area contributed by atoms with Crippen molar-refractivity contribution in [2.75, 3.05) is 6.61 Å². The first-order chi connectivity index (χ1) is 22.0. The van der Waals surface area contributed by atoms with Gasteiger partial charge in [0.2, 0.25) is 0 Å². The van der Waals surface area contributed by atoms with Gasteiger partial charge >= 0.3 is 5.97 Å². The van der Waals surface area contributed by atoms with Crippen molar-refractivity contribution in [3.63, 3.8) is 0 Å². The molecule has 0 fully saturated rings. The van der Waals surface area contributed by atoms with Crippen molar-refractivity contribution in [1.29, 1.82) is 0 Å². The number of para-hydroxylation sites is 1. The molecule has 10 nitrogen and oxygen atoms in total. The van der Waals surface area contributed by atoms with Crippen LogP contribution >= 0.6 is 49.9 Å². The summed E-state index contributed by atoms with van der Waals surface area (Å²) in [5.74, 6) is 0.548. The fourth-order valence-electron chi connectivity index (χ4n) is 5.00. The summed E-state index contributed by atoms with van der Waals surface area (Å²) in [4.78, 5) is 43.3. The minimum Gasteiger partial charge on any atom is -0.491 e. The van der Waals surface area contributed by atoms with Gasteiger partial charge in [-0.2, -0.15) is 0 Å². The predicted molar refractivity (Wildman–Crippen MR) is 187 cm³/mol. The maximum atomic E-state index is 14.3. The van der Waals surface area contributed by atoms with Gasteiger partial charge in [0.1, 0.15) is 24.1 Å². The number of halogens is 2. The molecule has 1 aliphatic rings. The maximum absolute atomic E-state index is 14.3. The van der Waals surface area contributed by atoms with E-state index in [4.69, 9.17) is 14.2 Å². The molecule has 238 valence electrons. The first-order valence-electron chi connectivity index (χ1n) is 14.3. The third-order valence-corrected chi connectivity index (χ3v) is 9.19. The minimum absolute atomic E-state index is 0.00363. The third kappa shape index (κ3) is 7.10. The number of esters is 1. The molecule has 0 saturated heterocycles. The molecule has 2 heterocycles. The maximum Gasteiger partial charge on any atom is 0.338 e. The number of carbonyl (C=O) groups excluding carboxylic acids is 1. The summed E-state index contributed by atoms with van der Waals surface area (Å²) >= 11 is 6.93. The number of non-ortho nitro benzene ring substituents is 1. The first-order valence-corrected chi connectivity index (χ1v) is 17.0. The van der Waals surface area contributed by atoms with Gasteiger partial charge in [0.15, 0.2) is 4.80 Å². The van der Waals surface area contributed by atoms with E-state index in [0.29, 0.717) is 37.7 Å². The molecule has 0 unspecified atom stereocenters. The van der Waals surface area contributed by atoms with Crippen LogP contribution in [0.3, 0.4) is 0 Å². The molecule has 3 aromatic carbocycles. The largest absolute Gasteiger partial charge is 0.491 e. The Morgan fingerprint density at radius 1 is 1.20 bits per heavy atom. The predicted octanol–water partition coefficient (Wildman–Crippen LogP) is 6.44. The van der Waals surface area contributed by atoms with Crippen molar-refractivity contribution in [1.82, 2.24) is 4.57 Å². The Morgan fingerprint density at radius 3 is 2.59 bits per heavy atom. The summed E-state index contributed by atoms with van der Waals surface area (Å²) in [6.45, 7) is 7.62. The highest BCUT2D eigenvalue weighted by molar-refractivity contribution is 14.1. The lowest BCUT2D eigenvalue weighted by Crippen LogP contribution is -2.40. The molecule has 0 aliphatic carbocycles. The van der Waals surface area contributed by atoms with Crippen molar-refractivity contribution in [3.8, 4) is 11.5 Å². The van der Waals surface area contributed by atoms with Gasteiger partial charge in [0.05, 0.1) is 37.0 Å². The van der Waals surface area contributed by atoms with E-state index < -0.39 is 16.9 Å². The van der Waals surface area contributed by atoms with Crippen LogP contribution in [0, 0.1) is 13.7 Å². The van der Waals surface area contributed by atoms with Gasteiger partial charge < -0.3 is 14.2 Å². The van der Waals surface area contributed by atoms with Crippen molar-refractivity contribution in [2.45, 2.75) is 46.4 Å². The number of nitrogens with zero attached hydrogens (tertiary/aromatic N) is 3. The summed E-state index contributed by atoms with van der Waals surface area (Å²) < 4.78 is 21.3. The van der Waals surface area contributed by atoms with E-state index in [9.17, 15) is 19.7 Å². The van der Waals surface area contributed by atoms with Crippen LogP contribution in [0.2, 0.25) is 0 Å². The highest BCUT2D eigenvalue weighted by Gasteiger charge is 2.35. The molecule has 0 spiro atoms. The number of nitro groups is 1. The number of fused-ring (bicyclic) bond motifs is 1. The van der Waals surface area contributed by atoms with E-state index in [2.05, 4.69) is 43.5 Å². The van der Waals surface area contributed by atoms with Crippen LogP contribution in [0.1, 0.15) is 50.4 Å². The molecule has 0 radical (unpaired) electrons. The lowest BCUT2D eigenvalue weighted by molar-refractivity contribution is -0.384. The molecule has 5 rings (SSSR count).